The van der Waals surface area contributed by atoms with Gasteiger partial charge in [-0.1, -0.05) is 18.2 Å². The molecule has 0 unspecified atom stereocenters. The number of carboxylic acids is 1. The molecule has 21 heavy (non-hydrogen) atoms. The lowest BCUT2D eigenvalue weighted by Crippen LogP contribution is -2.15. The molecule has 2 rings (SSSR count). The molecule has 0 aliphatic rings. The fraction of sp³-hybridized carbons (Fsp3) is 0. The third kappa shape index (κ3) is 3.30. The van der Waals surface area contributed by atoms with Gasteiger partial charge in [0.2, 0.25) is 10.0 Å². The Kier molecular flexibility index (Phi) is 3.83. The van der Waals surface area contributed by atoms with E-state index in [1.54, 1.807) is 30.3 Å². The highest BCUT2D eigenvalue weighted by Gasteiger charge is 2.21. The number of hydrogen-bond donors (Lipinski definition) is 3. The van der Waals surface area contributed by atoms with Crippen molar-refractivity contribution in [2.45, 2.75) is 4.90 Å². The number of carboxylic acid groups (broad SMARTS) is 1. The van der Waals surface area contributed by atoms with Crippen molar-refractivity contribution in [2.75, 3.05) is 5.73 Å². The minimum absolute atomic E-state index is 0.124. The van der Waals surface area contributed by atoms with E-state index in [-0.39, 0.29) is 17.0 Å². The monoisotopic (exact) mass is 308 g/mol. The van der Waals surface area contributed by atoms with Gasteiger partial charge in [0.25, 0.3) is 0 Å². The molecule has 0 aliphatic heterocycles. The summed E-state index contributed by atoms with van der Waals surface area (Å²) in [5.74, 6) is -1.13. The zero-order chi connectivity index (χ0) is 15.6. The molecule has 2 aromatic rings. The van der Waals surface area contributed by atoms with Gasteiger partial charge in [0.15, 0.2) is 0 Å². The highest BCUT2D eigenvalue weighted by atomic mass is 32.2. The molecule has 0 heterocycles. The van der Waals surface area contributed by atoms with Crippen molar-refractivity contribution >= 4 is 21.7 Å². The molecule has 0 atom stereocenters. The first-order valence-electron chi connectivity index (χ1n) is 5.71. The highest BCUT2D eigenvalue weighted by Crippen LogP contribution is 2.32. The third-order valence-electron chi connectivity index (χ3n) is 2.62. The molecule has 2 aromatic carbocycles. The van der Waals surface area contributed by atoms with Gasteiger partial charge in [0.05, 0.1) is 5.56 Å². The van der Waals surface area contributed by atoms with Crippen LogP contribution in [0.3, 0.4) is 0 Å². The summed E-state index contributed by atoms with van der Waals surface area (Å²) in [4.78, 5) is 10.6. The van der Waals surface area contributed by atoms with E-state index < -0.39 is 20.9 Å². The first-order valence-corrected chi connectivity index (χ1v) is 7.26. The van der Waals surface area contributed by atoms with Crippen LogP contribution < -0.4 is 15.6 Å². The Morgan fingerprint density at radius 1 is 1.14 bits per heavy atom. The van der Waals surface area contributed by atoms with Crippen LogP contribution in [0, 0.1) is 0 Å². The molecule has 8 heteroatoms. The fourth-order valence-electron chi connectivity index (χ4n) is 1.68. The average Bonchev–Trinajstić information content (AvgIpc) is 2.38. The van der Waals surface area contributed by atoms with Crippen molar-refractivity contribution in [3.63, 3.8) is 0 Å². The van der Waals surface area contributed by atoms with Crippen molar-refractivity contribution in [1.82, 2.24) is 0 Å². The van der Waals surface area contributed by atoms with Crippen LogP contribution in [0.15, 0.2) is 47.4 Å². The van der Waals surface area contributed by atoms with Crippen molar-refractivity contribution < 1.29 is 23.1 Å². The van der Waals surface area contributed by atoms with E-state index >= 15 is 0 Å². The van der Waals surface area contributed by atoms with Crippen molar-refractivity contribution in [3.8, 4) is 11.5 Å². The Hall–Kier alpha value is -2.58. The number of nitrogen functional groups attached to an aromatic ring is 1. The molecule has 110 valence electrons. The maximum atomic E-state index is 11.6. The Morgan fingerprint density at radius 2 is 1.76 bits per heavy atom. The van der Waals surface area contributed by atoms with E-state index in [4.69, 9.17) is 20.7 Å². The minimum Gasteiger partial charge on any atom is -0.478 e. The second kappa shape index (κ2) is 5.43. The number of benzene rings is 2. The molecule has 0 aliphatic carbocycles. The van der Waals surface area contributed by atoms with E-state index in [0.29, 0.717) is 5.75 Å². The highest BCUT2D eigenvalue weighted by molar-refractivity contribution is 7.89. The predicted molar refractivity (Wildman–Crippen MR) is 75.7 cm³/mol. The average molecular weight is 308 g/mol. The van der Waals surface area contributed by atoms with Gasteiger partial charge in [0.1, 0.15) is 16.4 Å². The van der Waals surface area contributed by atoms with Gasteiger partial charge in [-0.2, -0.15) is 0 Å². The van der Waals surface area contributed by atoms with Gasteiger partial charge in [-0.25, -0.2) is 18.4 Å². The van der Waals surface area contributed by atoms with E-state index in [1.165, 1.54) is 0 Å². The van der Waals surface area contributed by atoms with Crippen molar-refractivity contribution in [3.05, 3.63) is 48.0 Å². The van der Waals surface area contributed by atoms with Crippen LogP contribution >= 0.6 is 0 Å². The largest absolute Gasteiger partial charge is 0.478 e. The van der Waals surface area contributed by atoms with E-state index in [1.807, 2.05) is 0 Å². The van der Waals surface area contributed by atoms with Crippen LogP contribution in [0.25, 0.3) is 0 Å². The van der Waals surface area contributed by atoms with Gasteiger partial charge < -0.3 is 15.6 Å². The van der Waals surface area contributed by atoms with E-state index in [0.717, 1.165) is 12.1 Å². The Bertz CT molecular complexity index is 788. The summed E-state index contributed by atoms with van der Waals surface area (Å²) >= 11 is 0. The summed E-state index contributed by atoms with van der Waals surface area (Å²) in [6.07, 6.45) is 0. The topological polar surface area (TPSA) is 133 Å². The summed E-state index contributed by atoms with van der Waals surface area (Å²) in [6.45, 7) is 0. The van der Waals surface area contributed by atoms with Crippen LogP contribution in [0.5, 0.6) is 11.5 Å². The Balaban J connectivity index is 2.59. The molecule has 0 bridgehead atoms. The second-order valence-corrected chi connectivity index (χ2v) is 5.68. The number of aromatic carboxylic acids is 1. The number of anilines is 1. The van der Waals surface area contributed by atoms with Crippen LogP contribution in [-0.2, 0) is 10.0 Å². The van der Waals surface area contributed by atoms with E-state index in [9.17, 15) is 13.2 Å². The quantitative estimate of drug-likeness (QED) is 0.731. The summed E-state index contributed by atoms with van der Waals surface area (Å²) in [5.41, 5.74) is 5.11. The first kappa shape index (κ1) is 14.8. The SMILES string of the molecule is Nc1cc(Oc2ccccc2)c(S(N)(=O)=O)cc1C(=O)O. The van der Waals surface area contributed by atoms with Gasteiger partial charge in [0, 0.05) is 11.8 Å². The summed E-state index contributed by atoms with van der Waals surface area (Å²) in [7, 11) is -4.17. The molecule has 0 spiro atoms. The summed E-state index contributed by atoms with van der Waals surface area (Å²) in [5, 5.41) is 14.1. The predicted octanol–water partition coefficient (Wildman–Crippen LogP) is 1.41. The lowest BCUT2D eigenvalue weighted by molar-refractivity contribution is 0.0698. The lowest BCUT2D eigenvalue weighted by atomic mass is 10.1. The van der Waals surface area contributed by atoms with Gasteiger partial charge >= 0.3 is 5.97 Å². The molecule has 0 aromatic heterocycles. The Labute approximate surface area is 120 Å². The van der Waals surface area contributed by atoms with Crippen LogP contribution in [-0.4, -0.2) is 19.5 Å². The standard InChI is InChI=1S/C13H12N2O5S/c14-10-7-11(20-8-4-2-1-3-5-8)12(21(15,18)19)6-9(10)13(16)17/h1-7H,14H2,(H,16,17)(H2,15,18,19). The van der Waals surface area contributed by atoms with Crippen molar-refractivity contribution in [1.29, 1.82) is 0 Å². The molecule has 0 amide bonds. The number of para-hydroxylation sites is 1. The van der Waals surface area contributed by atoms with Crippen LogP contribution in [0.4, 0.5) is 5.69 Å². The second-order valence-electron chi connectivity index (χ2n) is 4.15. The minimum atomic E-state index is -4.17. The number of sulfonamides is 1. The molecular formula is C13H12N2O5S. The summed E-state index contributed by atoms with van der Waals surface area (Å²) < 4.78 is 28.6. The number of carbonyl (C=O) groups is 1. The maximum absolute atomic E-state index is 11.6. The maximum Gasteiger partial charge on any atom is 0.337 e. The van der Waals surface area contributed by atoms with Crippen LogP contribution in [0.1, 0.15) is 10.4 Å². The van der Waals surface area contributed by atoms with Gasteiger partial charge in [-0.05, 0) is 18.2 Å². The summed E-state index contributed by atoms with van der Waals surface area (Å²) in [6, 6.07) is 10.4. The first-order chi connectivity index (χ1) is 9.79. The zero-order valence-corrected chi connectivity index (χ0v) is 11.5. The number of hydrogen-bond acceptors (Lipinski definition) is 5. The van der Waals surface area contributed by atoms with E-state index in [2.05, 4.69) is 0 Å². The molecule has 0 radical (unpaired) electrons. The van der Waals surface area contributed by atoms with Gasteiger partial charge in [-0.15, -0.1) is 0 Å². The van der Waals surface area contributed by atoms with Crippen molar-refractivity contribution in [2.24, 2.45) is 5.14 Å². The lowest BCUT2D eigenvalue weighted by Gasteiger charge is -2.12. The zero-order valence-electron chi connectivity index (χ0n) is 10.7. The number of rotatable bonds is 4. The number of primary sulfonamides is 1. The number of nitrogens with two attached hydrogens (primary N) is 2. The smallest absolute Gasteiger partial charge is 0.337 e. The molecule has 0 saturated heterocycles. The number of ether oxygens (including phenoxy) is 1. The molecular weight excluding hydrogens is 296 g/mol. The Morgan fingerprint density at radius 3 is 2.29 bits per heavy atom. The molecule has 5 N–H and O–H groups in total. The van der Waals surface area contributed by atoms with Gasteiger partial charge in [-0.3, -0.25) is 0 Å². The molecule has 0 saturated carbocycles. The van der Waals surface area contributed by atoms with Crippen LogP contribution in [0.2, 0.25) is 0 Å². The third-order valence-corrected chi connectivity index (χ3v) is 3.56. The normalized spacial score (nSPS) is 11.1. The fourth-order valence-corrected chi connectivity index (χ4v) is 2.34. The molecule has 0 fully saturated rings. The molecule has 7 nitrogen and oxygen atoms in total.